The molecule has 0 saturated carbocycles. The van der Waals surface area contributed by atoms with Crippen molar-refractivity contribution in [3.63, 3.8) is 0 Å². The zero-order chi connectivity index (χ0) is 14.3. The van der Waals surface area contributed by atoms with Crippen LogP contribution in [0, 0.1) is 0 Å². The standard InChI is InChI=1S/C12H12ClN5O2/c1-17-12-7(5-14-17)11(13)15-8(16-12)6-18-9(19)3-2-4-10(18)20/h5H,2-4,6H2,1H3. The number of imide groups is 1. The molecule has 0 atom stereocenters. The zero-order valence-corrected chi connectivity index (χ0v) is 11.6. The van der Waals surface area contributed by atoms with Crippen LogP contribution in [0.5, 0.6) is 0 Å². The maximum Gasteiger partial charge on any atom is 0.229 e. The molecular weight excluding hydrogens is 282 g/mol. The summed E-state index contributed by atoms with van der Waals surface area (Å²) in [5.41, 5.74) is 0.580. The quantitative estimate of drug-likeness (QED) is 0.611. The average molecular weight is 294 g/mol. The first-order valence-corrected chi connectivity index (χ1v) is 6.61. The Morgan fingerprint density at radius 2 is 1.95 bits per heavy atom. The minimum Gasteiger partial charge on any atom is -0.275 e. The number of halogens is 1. The highest BCUT2D eigenvalue weighted by molar-refractivity contribution is 6.33. The average Bonchev–Trinajstić information content (AvgIpc) is 2.77. The molecule has 2 aromatic heterocycles. The molecule has 104 valence electrons. The van der Waals surface area contributed by atoms with Gasteiger partial charge < -0.3 is 0 Å². The minimum absolute atomic E-state index is 0.0541. The second-order valence-corrected chi connectivity index (χ2v) is 5.02. The highest BCUT2D eigenvalue weighted by Gasteiger charge is 2.27. The van der Waals surface area contributed by atoms with Gasteiger partial charge in [0.1, 0.15) is 5.15 Å². The van der Waals surface area contributed by atoms with E-state index in [2.05, 4.69) is 15.1 Å². The predicted molar refractivity (Wildman–Crippen MR) is 70.7 cm³/mol. The third-order valence-corrected chi connectivity index (χ3v) is 3.56. The van der Waals surface area contributed by atoms with Crippen molar-refractivity contribution in [2.75, 3.05) is 0 Å². The van der Waals surface area contributed by atoms with Gasteiger partial charge in [-0.05, 0) is 6.42 Å². The number of amides is 2. The molecule has 0 unspecified atom stereocenters. The lowest BCUT2D eigenvalue weighted by Crippen LogP contribution is -2.39. The molecule has 1 aliphatic heterocycles. The molecular formula is C12H12ClN5O2. The Hall–Kier alpha value is -2.02. The van der Waals surface area contributed by atoms with Gasteiger partial charge in [0.15, 0.2) is 11.5 Å². The van der Waals surface area contributed by atoms with Gasteiger partial charge in [0.2, 0.25) is 11.8 Å². The summed E-state index contributed by atoms with van der Waals surface area (Å²) >= 11 is 6.07. The SMILES string of the molecule is Cn1ncc2c(Cl)nc(CN3C(=O)CCCC3=O)nc21. The van der Waals surface area contributed by atoms with E-state index in [0.29, 0.717) is 36.1 Å². The Balaban J connectivity index is 1.96. The minimum atomic E-state index is -0.189. The maximum absolute atomic E-state index is 11.8. The summed E-state index contributed by atoms with van der Waals surface area (Å²) in [5, 5.41) is 4.98. The molecule has 20 heavy (non-hydrogen) atoms. The van der Waals surface area contributed by atoms with Crippen LogP contribution in [-0.4, -0.2) is 36.5 Å². The summed E-state index contributed by atoms with van der Waals surface area (Å²) in [6, 6.07) is 0. The lowest BCUT2D eigenvalue weighted by atomic mass is 10.1. The maximum atomic E-state index is 11.8. The molecule has 0 aliphatic carbocycles. The first kappa shape index (κ1) is 13.0. The third kappa shape index (κ3) is 2.14. The number of carbonyl (C=O) groups is 2. The molecule has 0 spiro atoms. The van der Waals surface area contributed by atoms with E-state index < -0.39 is 0 Å². The van der Waals surface area contributed by atoms with E-state index in [1.54, 1.807) is 17.9 Å². The van der Waals surface area contributed by atoms with Crippen LogP contribution < -0.4 is 0 Å². The Kier molecular flexibility index (Phi) is 3.13. The molecule has 3 heterocycles. The highest BCUT2D eigenvalue weighted by atomic mass is 35.5. The van der Waals surface area contributed by atoms with Gasteiger partial charge in [-0.15, -0.1) is 0 Å². The van der Waals surface area contributed by atoms with Crippen molar-refractivity contribution in [3.05, 3.63) is 17.2 Å². The van der Waals surface area contributed by atoms with Crippen LogP contribution >= 0.6 is 11.6 Å². The van der Waals surface area contributed by atoms with Gasteiger partial charge in [0, 0.05) is 19.9 Å². The Labute approximate surface area is 119 Å². The van der Waals surface area contributed by atoms with Crippen LogP contribution in [0.25, 0.3) is 11.0 Å². The fourth-order valence-corrected chi connectivity index (χ4v) is 2.45. The van der Waals surface area contributed by atoms with Crippen molar-refractivity contribution in [3.8, 4) is 0 Å². The zero-order valence-electron chi connectivity index (χ0n) is 10.8. The molecule has 0 N–H and O–H groups in total. The lowest BCUT2D eigenvalue weighted by Gasteiger charge is -2.24. The second kappa shape index (κ2) is 4.82. The Morgan fingerprint density at radius 1 is 1.25 bits per heavy atom. The van der Waals surface area contributed by atoms with Gasteiger partial charge in [0.25, 0.3) is 0 Å². The first-order valence-electron chi connectivity index (χ1n) is 6.23. The topological polar surface area (TPSA) is 81.0 Å². The van der Waals surface area contributed by atoms with Crippen LogP contribution in [-0.2, 0) is 23.2 Å². The third-order valence-electron chi connectivity index (χ3n) is 3.27. The summed E-state index contributed by atoms with van der Waals surface area (Å²) in [6.07, 6.45) is 2.95. The summed E-state index contributed by atoms with van der Waals surface area (Å²) in [6.45, 7) is 0.0541. The van der Waals surface area contributed by atoms with E-state index in [-0.39, 0.29) is 23.5 Å². The van der Waals surface area contributed by atoms with Crippen molar-refractivity contribution in [2.24, 2.45) is 7.05 Å². The number of aryl methyl sites for hydroxylation is 1. The van der Waals surface area contributed by atoms with E-state index in [4.69, 9.17) is 11.6 Å². The largest absolute Gasteiger partial charge is 0.275 e. The first-order chi connectivity index (χ1) is 9.56. The molecule has 2 amide bonds. The fourth-order valence-electron chi connectivity index (χ4n) is 2.22. The van der Waals surface area contributed by atoms with Gasteiger partial charge in [-0.25, -0.2) is 9.97 Å². The van der Waals surface area contributed by atoms with E-state index in [1.165, 1.54) is 4.90 Å². The molecule has 0 bridgehead atoms. The lowest BCUT2D eigenvalue weighted by molar-refractivity contribution is -0.148. The molecule has 7 nitrogen and oxygen atoms in total. The van der Waals surface area contributed by atoms with Crippen molar-refractivity contribution in [1.82, 2.24) is 24.6 Å². The molecule has 0 radical (unpaired) electrons. The summed E-state index contributed by atoms with van der Waals surface area (Å²) in [5.74, 6) is -0.0353. The number of rotatable bonds is 2. The molecule has 3 rings (SSSR count). The summed E-state index contributed by atoms with van der Waals surface area (Å²) in [7, 11) is 1.74. The Morgan fingerprint density at radius 3 is 2.65 bits per heavy atom. The molecule has 1 fully saturated rings. The van der Waals surface area contributed by atoms with Crippen LogP contribution in [0.4, 0.5) is 0 Å². The van der Waals surface area contributed by atoms with Crippen LogP contribution in [0.3, 0.4) is 0 Å². The summed E-state index contributed by atoms with van der Waals surface area (Å²) < 4.78 is 1.58. The smallest absolute Gasteiger partial charge is 0.229 e. The Bertz CT molecular complexity index is 695. The predicted octanol–water partition coefficient (Wildman–Crippen LogP) is 1.06. The van der Waals surface area contributed by atoms with Crippen molar-refractivity contribution in [2.45, 2.75) is 25.8 Å². The van der Waals surface area contributed by atoms with Crippen molar-refractivity contribution in [1.29, 1.82) is 0 Å². The van der Waals surface area contributed by atoms with Crippen LogP contribution in [0.2, 0.25) is 5.15 Å². The molecule has 1 saturated heterocycles. The van der Waals surface area contributed by atoms with E-state index in [1.807, 2.05) is 0 Å². The number of hydrogen-bond acceptors (Lipinski definition) is 5. The monoisotopic (exact) mass is 293 g/mol. The van der Waals surface area contributed by atoms with Gasteiger partial charge in [-0.1, -0.05) is 11.6 Å². The second-order valence-electron chi connectivity index (χ2n) is 4.66. The van der Waals surface area contributed by atoms with Crippen LogP contribution in [0.1, 0.15) is 25.1 Å². The number of carbonyl (C=O) groups excluding carboxylic acids is 2. The van der Waals surface area contributed by atoms with Crippen molar-refractivity contribution < 1.29 is 9.59 Å². The molecule has 2 aromatic rings. The molecule has 8 heteroatoms. The number of piperidine rings is 1. The van der Waals surface area contributed by atoms with E-state index >= 15 is 0 Å². The van der Waals surface area contributed by atoms with Gasteiger partial charge in [-0.2, -0.15) is 5.10 Å². The fraction of sp³-hybridized carbons (Fsp3) is 0.417. The van der Waals surface area contributed by atoms with E-state index in [9.17, 15) is 9.59 Å². The normalized spacial score (nSPS) is 16.2. The van der Waals surface area contributed by atoms with Crippen molar-refractivity contribution >= 4 is 34.4 Å². The number of nitrogens with zero attached hydrogens (tertiary/aromatic N) is 5. The molecule has 1 aliphatic rings. The van der Waals surface area contributed by atoms with Gasteiger partial charge >= 0.3 is 0 Å². The number of likely N-dealkylation sites (tertiary alicyclic amines) is 1. The van der Waals surface area contributed by atoms with Gasteiger partial charge in [0.05, 0.1) is 18.1 Å². The van der Waals surface area contributed by atoms with Crippen LogP contribution in [0.15, 0.2) is 6.20 Å². The molecule has 0 aromatic carbocycles. The number of aromatic nitrogens is 4. The number of fused-ring (bicyclic) bond motifs is 1. The number of hydrogen-bond donors (Lipinski definition) is 0. The van der Waals surface area contributed by atoms with Gasteiger partial charge in [-0.3, -0.25) is 19.2 Å². The van der Waals surface area contributed by atoms with E-state index in [0.717, 1.165) is 0 Å². The summed E-state index contributed by atoms with van der Waals surface area (Å²) in [4.78, 5) is 33.2. The highest BCUT2D eigenvalue weighted by Crippen LogP contribution is 2.21.